The van der Waals surface area contributed by atoms with Gasteiger partial charge >= 0.3 is 0 Å². The Balaban J connectivity index is 1.97. The first kappa shape index (κ1) is 11.8. The van der Waals surface area contributed by atoms with Crippen LogP contribution < -0.4 is 0 Å². The number of nitrogens with one attached hydrogen (secondary N) is 1. The van der Waals surface area contributed by atoms with E-state index < -0.39 is 0 Å². The van der Waals surface area contributed by atoms with E-state index in [-0.39, 0.29) is 23.0 Å². The molecule has 4 nitrogen and oxygen atoms in total. The van der Waals surface area contributed by atoms with Gasteiger partial charge in [-0.05, 0) is 22.9 Å². The van der Waals surface area contributed by atoms with Crippen molar-refractivity contribution in [3.63, 3.8) is 0 Å². The molecular weight excluding hydrogens is 264 g/mol. The number of imidazole rings is 1. The smallest absolute Gasteiger partial charge is 0.206 e. The quantitative estimate of drug-likeness (QED) is 0.741. The van der Waals surface area contributed by atoms with Crippen LogP contribution in [0.1, 0.15) is 21.0 Å². The number of hydrogen-bond donors (Lipinski definition) is 1. The van der Waals surface area contributed by atoms with Crippen LogP contribution in [0.15, 0.2) is 54.6 Å². The van der Waals surface area contributed by atoms with Crippen molar-refractivity contribution in [3.05, 3.63) is 66.0 Å². The van der Waals surface area contributed by atoms with E-state index in [1.54, 1.807) is 0 Å². The van der Waals surface area contributed by atoms with E-state index >= 15 is 0 Å². The van der Waals surface area contributed by atoms with Crippen LogP contribution in [0, 0.1) is 0 Å². The summed E-state index contributed by atoms with van der Waals surface area (Å²) in [4.78, 5) is 31.0. The molecule has 0 radical (unpaired) electrons. The Labute approximate surface area is 120 Å². The first-order chi connectivity index (χ1) is 10.2. The summed E-state index contributed by atoms with van der Waals surface area (Å²) in [5, 5.41) is 2.11. The molecule has 1 heterocycles. The molecule has 2 aromatic carbocycles. The molecule has 1 aromatic heterocycles. The molecular formula is C17H10N2O2. The number of aromatic amines is 1. The maximum atomic E-state index is 11.8. The topological polar surface area (TPSA) is 62.8 Å². The monoisotopic (exact) mass is 274 g/mol. The van der Waals surface area contributed by atoms with Gasteiger partial charge in [-0.3, -0.25) is 9.59 Å². The lowest BCUT2D eigenvalue weighted by atomic mass is 10.0. The van der Waals surface area contributed by atoms with Crippen LogP contribution in [0.25, 0.3) is 22.2 Å². The Morgan fingerprint density at radius 1 is 0.857 bits per heavy atom. The minimum Gasteiger partial charge on any atom is -0.335 e. The molecule has 1 aliphatic rings. The summed E-state index contributed by atoms with van der Waals surface area (Å²) in [6, 6.07) is 13.8. The molecule has 4 rings (SSSR count). The van der Waals surface area contributed by atoms with Gasteiger partial charge in [0.2, 0.25) is 11.6 Å². The maximum Gasteiger partial charge on any atom is 0.206 e. The first-order valence-corrected chi connectivity index (χ1v) is 6.59. The number of carbonyl (C=O) groups excluding carboxylic acids is 2. The molecule has 1 N–H and O–H groups in total. The molecule has 0 fully saturated rings. The number of aromatic nitrogens is 2. The summed E-state index contributed by atoms with van der Waals surface area (Å²) in [5.74, 6) is 0.0816. The van der Waals surface area contributed by atoms with Crippen LogP contribution >= 0.6 is 0 Å². The molecule has 3 aromatic rings. The fourth-order valence-corrected chi connectivity index (χ4v) is 2.60. The van der Waals surface area contributed by atoms with Crippen molar-refractivity contribution in [3.8, 4) is 11.4 Å². The predicted molar refractivity (Wildman–Crippen MR) is 79.3 cm³/mol. The van der Waals surface area contributed by atoms with Crippen LogP contribution in [-0.2, 0) is 0 Å². The van der Waals surface area contributed by atoms with Gasteiger partial charge in [0.25, 0.3) is 0 Å². The molecule has 0 bridgehead atoms. The van der Waals surface area contributed by atoms with E-state index in [0.717, 1.165) is 16.3 Å². The van der Waals surface area contributed by atoms with Gasteiger partial charge in [0.15, 0.2) is 0 Å². The molecule has 21 heavy (non-hydrogen) atoms. The van der Waals surface area contributed by atoms with E-state index in [4.69, 9.17) is 0 Å². The van der Waals surface area contributed by atoms with Gasteiger partial charge in [0, 0.05) is 5.56 Å². The van der Waals surface area contributed by atoms with Crippen LogP contribution in [0.2, 0.25) is 0 Å². The Morgan fingerprint density at radius 3 is 2.48 bits per heavy atom. The molecule has 0 atom stereocenters. The van der Waals surface area contributed by atoms with Crippen molar-refractivity contribution in [2.24, 2.45) is 0 Å². The largest absolute Gasteiger partial charge is 0.335 e. The molecule has 4 heteroatoms. The standard InChI is InChI=1S/C17H10N2O2/c20-13-8-9-14(21)16-15(13)18-17(19-16)12-7-3-5-10-4-1-2-6-11(10)12/h1-9H,(H,18,19). The Bertz CT molecular complexity index is 894. The number of benzene rings is 2. The zero-order valence-electron chi connectivity index (χ0n) is 11.0. The average Bonchev–Trinajstić information content (AvgIpc) is 2.97. The molecule has 0 saturated carbocycles. The van der Waals surface area contributed by atoms with E-state index in [0.29, 0.717) is 5.82 Å². The highest BCUT2D eigenvalue weighted by atomic mass is 16.1. The highest BCUT2D eigenvalue weighted by Crippen LogP contribution is 2.28. The molecule has 100 valence electrons. The Kier molecular flexibility index (Phi) is 2.38. The lowest BCUT2D eigenvalue weighted by molar-refractivity contribution is 0.0989. The minimum atomic E-state index is -0.243. The van der Waals surface area contributed by atoms with Gasteiger partial charge in [-0.15, -0.1) is 0 Å². The van der Waals surface area contributed by atoms with Crippen LogP contribution in [0.4, 0.5) is 0 Å². The summed E-state index contributed by atoms with van der Waals surface area (Å²) in [6.07, 6.45) is 2.54. The number of H-pyrrole nitrogens is 1. The molecule has 0 saturated heterocycles. The van der Waals surface area contributed by atoms with Crippen LogP contribution in [-0.4, -0.2) is 21.5 Å². The lowest BCUT2D eigenvalue weighted by Crippen LogP contribution is -2.10. The number of fused-ring (bicyclic) bond motifs is 2. The third-order valence-electron chi connectivity index (χ3n) is 3.61. The number of hydrogen-bond acceptors (Lipinski definition) is 3. The third kappa shape index (κ3) is 1.73. The summed E-state index contributed by atoms with van der Waals surface area (Å²) < 4.78 is 0. The summed E-state index contributed by atoms with van der Waals surface area (Å²) >= 11 is 0. The van der Waals surface area contributed by atoms with Crippen molar-refractivity contribution in [1.82, 2.24) is 9.97 Å². The second-order valence-electron chi connectivity index (χ2n) is 4.90. The zero-order valence-corrected chi connectivity index (χ0v) is 11.0. The summed E-state index contributed by atoms with van der Waals surface area (Å²) in [6.45, 7) is 0. The number of carbonyl (C=O) groups is 2. The number of rotatable bonds is 1. The van der Waals surface area contributed by atoms with Crippen molar-refractivity contribution >= 4 is 22.3 Å². The first-order valence-electron chi connectivity index (χ1n) is 6.59. The normalized spacial score (nSPS) is 13.7. The lowest BCUT2D eigenvalue weighted by Gasteiger charge is -2.03. The van der Waals surface area contributed by atoms with Gasteiger partial charge in [-0.2, -0.15) is 0 Å². The predicted octanol–water partition coefficient (Wildman–Crippen LogP) is 3.17. The maximum absolute atomic E-state index is 11.8. The highest BCUT2D eigenvalue weighted by molar-refractivity contribution is 6.20. The number of nitrogens with zero attached hydrogens (tertiary/aromatic N) is 1. The fourth-order valence-electron chi connectivity index (χ4n) is 2.60. The number of ketones is 2. The van der Waals surface area contributed by atoms with Crippen LogP contribution in [0.5, 0.6) is 0 Å². The molecule has 1 aliphatic carbocycles. The Morgan fingerprint density at radius 2 is 1.62 bits per heavy atom. The third-order valence-corrected chi connectivity index (χ3v) is 3.61. The van der Waals surface area contributed by atoms with E-state index in [9.17, 15) is 9.59 Å². The number of allylic oxidation sites excluding steroid dienone is 2. The van der Waals surface area contributed by atoms with Gasteiger partial charge in [0.1, 0.15) is 17.2 Å². The van der Waals surface area contributed by atoms with E-state index in [1.165, 1.54) is 12.2 Å². The molecule has 0 aliphatic heterocycles. The summed E-state index contributed by atoms with van der Waals surface area (Å²) in [5.41, 5.74) is 1.35. The average molecular weight is 274 g/mol. The zero-order chi connectivity index (χ0) is 14.4. The summed E-state index contributed by atoms with van der Waals surface area (Å²) in [7, 11) is 0. The molecule has 0 amide bonds. The fraction of sp³-hybridized carbons (Fsp3) is 0. The molecule has 0 spiro atoms. The van der Waals surface area contributed by atoms with Gasteiger partial charge in [-0.1, -0.05) is 42.5 Å². The SMILES string of the molecule is O=C1C=CC(=O)c2[nH]c(-c3cccc4ccccc34)nc21. The van der Waals surface area contributed by atoms with Crippen molar-refractivity contribution in [1.29, 1.82) is 0 Å². The second kappa shape index (κ2) is 4.24. The van der Waals surface area contributed by atoms with Crippen molar-refractivity contribution in [2.75, 3.05) is 0 Å². The van der Waals surface area contributed by atoms with Gasteiger partial charge < -0.3 is 4.98 Å². The van der Waals surface area contributed by atoms with Crippen molar-refractivity contribution in [2.45, 2.75) is 0 Å². The van der Waals surface area contributed by atoms with Gasteiger partial charge in [-0.25, -0.2) is 4.98 Å². The highest BCUT2D eigenvalue weighted by Gasteiger charge is 2.24. The van der Waals surface area contributed by atoms with Crippen LogP contribution in [0.3, 0.4) is 0 Å². The van der Waals surface area contributed by atoms with Gasteiger partial charge in [0.05, 0.1) is 0 Å². The second-order valence-corrected chi connectivity index (χ2v) is 4.90. The van der Waals surface area contributed by atoms with E-state index in [1.807, 2.05) is 42.5 Å². The minimum absolute atomic E-state index is 0.199. The van der Waals surface area contributed by atoms with E-state index in [2.05, 4.69) is 9.97 Å². The Hall–Kier alpha value is -3.01. The molecule has 0 unspecified atom stereocenters. The van der Waals surface area contributed by atoms with Crippen molar-refractivity contribution < 1.29 is 9.59 Å².